The summed E-state index contributed by atoms with van der Waals surface area (Å²) in [6.45, 7) is 0. The van der Waals surface area contributed by atoms with Crippen LogP contribution in [0.2, 0.25) is 0 Å². The highest BCUT2D eigenvalue weighted by molar-refractivity contribution is 7.22. The molecule has 2 heterocycles. The van der Waals surface area contributed by atoms with Gasteiger partial charge in [-0.2, -0.15) is 0 Å². The number of anilines is 2. The smallest absolute Gasteiger partial charge is 0.321 e. The number of aromatic nitrogens is 1. The van der Waals surface area contributed by atoms with Gasteiger partial charge in [-0.25, -0.2) is 14.7 Å². The van der Waals surface area contributed by atoms with Gasteiger partial charge in [0.15, 0.2) is 0 Å². The van der Waals surface area contributed by atoms with Crippen LogP contribution >= 0.6 is 11.3 Å². The average molecular weight is 366 g/mol. The van der Waals surface area contributed by atoms with Crippen LogP contribution in [0.25, 0.3) is 10.2 Å². The van der Waals surface area contributed by atoms with E-state index in [1.54, 1.807) is 56.6 Å². The van der Waals surface area contributed by atoms with Crippen LogP contribution < -0.4 is 10.2 Å². The van der Waals surface area contributed by atoms with Crippen LogP contribution in [0, 0.1) is 0 Å². The second-order valence-electron chi connectivity index (χ2n) is 5.99. The fourth-order valence-electron chi connectivity index (χ4n) is 2.68. The second-order valence-corrected chi connectivity index (χ2v) is 7.00. The Kier molecular flexibility index (Phi) is 3.69. The van der Waals surface area contributed by atoms with E-state index in [2.05, 4.69) is 10.3 Å². The fourth-order valence-corrected chi connectivity index (χ4v) is 3.69. The Labute approximate surface area is 152 Å². The first-order valence-electron chi connectivity index (χ1n) is 7.82. The zero-order chi connectivity index (χ0) is 18.4. The number of urea groups is 1. The molecule has 1 aliphatic rings. The number of imide groups is 1. The van der Waals surface area contributed by atoms with Crippen LogP contribution in [0.1, 0.15) is 20.7 Å². The first-order valence-corrected chi connectivity index (χ1v) is 8.64. The van der Waals surface area contributed by atoms with Crippen molar-refractivity contribution in [2.24, 2.45) is 0 Å². The van der Waals surface area contributed by atoms with E-state index in [0.717, 1.165) is 9.60 Å². The van der Waals surface area contributed by atoms with E-state index in [1.165, 1.54) is 16.2 Å². The van der Waals surface area contributed by atoms with Crippen LogP contribution in [0.5, 0.6) is 0 Å². The van der Waals surface area contributed by atoms with Gasteiger partial charge in [0.25, 0.3) is 11.8 Å². The molecule has 0 fully saturated rings. The number of fused-ring (bicyclic) bond motifs is 2. The van der Waals surface area contributed by atoms with Crippen molar-refractivity contribution in [3.8, 4) is 0 Å². The first kappa shape index (κ1) is 16.2. The highest BCUT2D eigenvalue weighted by Crippen LogP contribution is 2.35. The minimum absolute atomic E-state index is 0.241. The summed E-state index contributed by atoms with van der Waals surface area (Å²) >= 11 is 1.23. The topological polar surface area (TPSA) is 82.6 Å². The molecular weight excluding hydrogens is 352 g/mol. The third kappa shape index (κ3) is 2.51. The highest BCUT2D eigenvalue weighted by Gasteiger charge is 2.38. The number of rotatable bonds is 2. The fraction of sp³-hybridized carbons (Fsp3) is 0.111. The summed E-state index contributed by atoms with van der Waals surface area (Å²) in [5, 5.41) is 3.08. The maximum absolute atomic E-state index is 12.6. The molecule has 0 saturated carbocycles. The molecule has 4 amide bonds. The highest BCUT2D eigenvalue weighted by atomic mass is 32.1. The Morgan fingerprint density at radius 3 is 2.35 bits per heavy atom. The molecule has 0 bridgehead atoms. The lowest BCUT2D eigenvalue weighted by Gasteiger charge is -2.11. The molecule has 7 nitrogen and oxygen atoms in total. The van der Waals surface area contributed by atoms with E-state index in [-0.39, 0.29) is 17.8 Å². The van der Waals surface area contributed by atoms with Gasteiger partial charge in [0, 0.05) is 19.8 Å². The molecule has 26 heavy (non-hydrogen) atoms. The van der Waals surface area contributed by atoms with Gasteiger partial charge in [-0.3, -0.25) is 9.59 Å². The SMILES string of the molecule is CN(C)C(=O)Nc1ccc2nc(N3C(=O)c4ccccc4C3=O)sc2c1. The minimum Gasteiger partial charge on any atom is -0.331 e. The number of hydrogen-bond acceptors (Lipinski definition) is 5. The van der Waals surface area contributed by atoms with Crippen molar-refractivity contribution in [2.45, 2.75) is 0 Å². The number of carbonyl (C=O) groups is 3. The largest absolute Gasteiger partial charge is 0.331 e. The third-order valence-corrected chi connectivity index (χ3v) is 5.02. The van der Waals surface area contributed by atoms with Crippen molar-refractivity contribution in [2.75, 3.05) is 24.3 Å². The predicted molar refractivity (Wildman–Crippen MR) is 99.9 cm³/mol. The summed E-state index contributed by atoms with van der Waals surface area (Å²) in [6.07, 6.45) is 0. The molecule has 8 heteroatoms. The molecule has 1 aliphatic heterocycles. The van der Waals surface area contributed by atoms with E-state index >= 15 is 0 Å². The zero-order valence-corrected chi connectivity index (χ0v) is 14.8. The molecular formula is C18H14N4O3S. The van der Waals surface area contributed by atoms with Crippen molar-refractivity contribution >= 4 is 50.2 Å². The van der Waals surface area contributed by atoms with Gasteiger partial charge in [-0.15, -0.1) is 0 Å². The Bertz CT molecular complexity index is 1040. The molecule has 0 atom stereocenters. The monoisotopic (exact) mass is 366 g/mol. The van der Waals surface area contributed by atoms with Crippen LogP contribution in [-0.2, 0) is 0 Å². The molecule has 2 aromatic carbocycles. The van der Waals surface area contributed by atoms with Crippen LogP contribution in [0.15, 0.2) is 42.5 Å². The van der Waals surface area contributed by atoms with Gasteiger partial charge in [0.05, 0.1) is 21.3 Å². The number of amides is 4. The number of nitrogens with one attached hydrogen (secondary N) is 1. The van der Waals surface area contributed by atoms with Crippen molar-refractivity contribution < 1.29 is 14.4 Å². The maximum atomic E-state index is 12.6. The lowest BCUT2D eigenvalue weighted by atomic mass is 10.1. The standard InChI is InChI=1S/C18H14N4O3S/c1-21(2)17(25)19-10-7-8-13-14(9-10)26-18(20-13)22-15(23)11-5-3-4-6-12(11)16(22)24/h3-9H,1-2H3,(H,19,25). The Hall–Kier alpha value is -3.26. The van der Waals surface area contributed by atoms with Gasteiger partial charge >= 0.3 is 6.03 Å². The first-order chi connectivity index (χ1) is 12.5. The second kappa shape index (κ2) is 5.92. The molecule has 4 rings (SSSR count). The number of hydrogen-bond donors (Lipinski definition) is 1. The van der Waals surface area contributed by atoms with Crippen LogP contribution in [-0.4, -0.2) is 41.8 Å². The molecule has 1 N–H and O–H groups in total. The van der Waals surface area contributed by atoms with Crippen molar-refractivity contribution in [3.63, 3.8) is 0 Å². The van der Waals surface area contributed by atoms with Crippen molar-refractivity contribution in [3.05, 3.63) is 53.6 Å². The lowest BCUT2D eigenvalue weighted by Crippen LogP contribution is -2.29. The summed E-state index contributed by atoms with van der Waals surface area (Å²) in [6, 6.07) is 11.7. The lowest BCUT2D eigenvalue weighted by molar-refractivity contribution is 0.0926. The third-order valence-electron chi connectivity index (χ3n) is 4.02. The summed E-state index contributed by atoms with van der Waals surface area (Å²) in [5.74, 6) is -0.739. The Balaban J connectivity index is 1.69. The number of benzene rings is 2. The predicted octanol–water partition coefficient (Wildman–Crippen LogP) is 3.19. The molecule has 0 spiro atoms. The van der Waals surface area contributed by atoms with Gasteiger partial charge in [-0.05, 0) is 30.3 Å². The number of thiazole rings is 1. The molecule has 0 radical (unpaired) electrons. The van der Waals surface area contributed by atoms with E-state index in [1.807, 2.05) is 0 Å². The average Bonchev–Trinajstić information content (AvgIpc) is 3.14. The summed E-state index contributed by atoms with van der Waals surface area (Å²) in [5.41, 5.74) is 2.05. The number of nitrogens with zero attached hydrogens (tertiary/aromatic N) is 3. The summed E-state index contributed by atoms with van der Waals surface area (Å²) < 4.78 is 0.771. The summed E-state index contributed by atoms with van der Waals surface area (Å²) in [4.78, 5) is 43.9. The molecule has 0 aliphatic carbocycles. The van der Waals surface area contributed by atoms with Crippen molar-refractivity contribution in [1.82, 2.24) is 9.88 Å². The van der Waals surface area contributed by atoms with E-state index in [0.29, 0.717) is 27.5 Å². The molecule has 0 saturated heterocycles. The number of carbonyl (C=O) groups excluding carboxylic acids is 3. The molecule has 130 valence electrons. The minimum atomic E-state index is -0.370. The quantitative estimate of drug-likeness (QED) is 0.706. The Morgan fingerprint density at radius 1 is 1.08 bits per heavy atom. The van der Waals surface area contributed by atoms with Gasteiger partial charge in [0.2, 0.25) is 5.13 Å². The van der Waals surface area contributed by atoms with Gasteiger partial charge < -0.3 is 10.2 Å². The van der Waals surface area contributed by atoms with Crippen LogP contribution in [0.4, 0.5) is 15.6 Å². The maximum Gasteiger partial charge on any atom is 0.321 e. The Morgan fingerprint density at radius 2 is 1.73 bits per heavy atom. The summed E-state index contributed by atoms with van der Waals surface area (Å²) in [7, 11) is 3.31. The van der Waals surface area contributed by atoms with Crippen molar-refractivity contribution in [1.29, 1.82) is 0 Å². The van der Waals surface area contributed by atoms with E-state index in [9.17, 15) is 14.4 Å². The molecule has 1 aromatic heterocycles. The van der Waals surface area contributed by atoms with E-state index < -0.39 is 0 Å². The normalized spacial score (nSPS) is 13.2. The van der Waals surface area contributed by atoms with Gasteiger partial charge in [-0.1, -0.05) is 23.5 Å². The molecule has 0 unspecified atom stereocenters. The van der Waals surface area contributed by atoms with Gasteiger partial charge in [0.1, 0.15) is 0 Å². The van der Waals surface area contributed by atoms with E-state index in [4.69, 9.17) is 0 Å². The van der Waals surface area contributed by atoms with Crippen LogP contribution in [0.3, 0.4) is 0 Å². The molecule has 3 aromatic rings. The zero-order valence-electron chi connectivity index (χ0n) is 14.0.